The SMILES string of the molecule is CCN(C)C(=O)CNC1CC2CC=CC21. The molecule has 0 radical (unpaired) electrons. The van der Waals surface area contributed by atoms with Gasteiger partial charge in [-0.25, -0.2) is 0 Å². The number of carbonyl (C=O) groups is 1. The fraction of sp³-hybridized carbons (Fsp3) is 0.750. The molecule has 3 nitrogen and oxygen atoms in total. The molecule has 2 rings (SSSR count). The van der Waals surface area contributed by atoms with Crippen molar-refractivity contribution in [2.75, 3.05) is 20.1 Å². The van der Waals surface area contributed by atoms with E-state index in [-0.39, 0.29) is 5.91 Å². The first-order valence-electron chi connectivity index (χ1n) is 5.86. The van der Waals surface area contributed by atoms with Gasteiger partial charge in [-0.2, -0.15) is 0 Å². The predicted octanol–water partition coefficient (Wildman–Crippen LogP) is 1.02. The van der Waals surface area contributed by atoms with Gasteiger partial charge in [-0.15, -0.1) is 0 Å². The van der Waals surface area contributed by atoms with Crippen LogP contribution in [0.1, 0.15) is 19.8 Å². The maximum Gasteiger partial charge on any atom is 0.236 e. The third kappa shape index (κ3) is 2.07. The Morgan fingerprint density at radius 3 is 3.07 bits per heavy atom. The molecule has 3 unspecified atom stereocenters. The number of allylic oxidation sites excluding steroid dienone is 1. The van der Waals surface area contributed by atoms with E-state index < -0.39 is 0 Å². The van der Waals surface area contributed by atoms with Gasteiger partial charge in [-0.1, -0.05) is 12.2 Å². The molecule has 0 bridgehead atoms. The second-order valence-corrected chi connectivity index (χ2v) is 4.63. The monoisotopic (exact) mass is 208 g/mol. The third-order valence-corrected chi connectivity index (χ3v) is 3.78. The number of hydrogen-bond donors (Lipinski definition) is 1. The molecule has 1 fully saturated rings. The van der Waals surface area contributed by atoms with Crippen molar-refractivity contribution < 1.29 is 4.79 Å². The van der Waals surface area contributed by atoms with Gasteiger partial charge in [0.1, 0.15) is 0 Å². The van der Waals surface area contributed by atoms with E-state index in [0.717, 1.165) is 12.5 Å². The van der Waals surface area contributed by atoms with E-state index in [4.69, 9.17) is 0 Å². The number of carbonyl (C=O) groups excluding carboxylic acids is 1. The summed E-state index contributed by atoms with van der Waals surface area (Å²) in [6.07, 6.45) is 7.06. The first-order valence-corrected chi connectivity index (χ1v) is 5.86. The molecule has 15 heavy (non-hydrogen) atoms. The van der Waals surface area contributed by atoms with Crippen molar-refractivity contribution in [2.45, 2.75) is 25.8 Å². The van der Waals surface area contributed by atoms with E-state index in [1.165, 1.54) is 12.8 Å². The van der Waals surface area contributed by atoms with Crippen molar-refractivity contribution in [2.24, 2.45) is 11.8 Å². The Labute approximate surface area is 91.5 Å². The summed E-state index contributed by atoms with van der Waals surface area (Å²) in [5.41, 5.74) is 0. The average Bonchev–Trinajstić information content (AvgIpc) is 2.59. The normalized spacial score (nSPS) is 32.3. The van der Waals surface area contributed by atoms with Crippen LogP contribution in [0.4, 0.5) is 0 Å². The number of amides is 1. The maximum absolute atomic E-state index is 11.6. The molecule has 1 N–H and O–H groups in total. The molecule has 84 valence electrons. The zero-order chi connectivity index (χ0) is 10.8. The number of rotatable bonds is 4. The molecule has 3 atom stereocenters. The largest absolute Gasteiger partial charge is 0.345 e. The Hall–Kier alpha value is -0.830. The topological polar surface area (TPSA) is 32.3 Å². The molecule has 0 saturated heterocycles. The number of hydrogen-bond acceptors (Lipinski definition) is 2. The Bertz CT molecular complexity index is 275. The van der Waals surface area contributed by atoms with Gasteiger partial charge >= 0.3 is 0 Å². The van der Waals surface area contributed by atoms with Crippen LogP contribution < -0.4 is 5.32 Å². The van der Waals surface area contributed by atoms with Crippen LogP contribution in [0.15, 0.2) is 12.2 Å². The quantitative estimate of drug-likeness (QED) is 0.700. The van der Waals surface area contributed by atoms with E-state index in [0.29, 0.717) is 18.5 Å². The van der Waals surface area contributed by atoms with E-state index in [1.54, 1.807) is 4.90 Å². The summed E-state index contributed by atoms with van der Waals surface area (Å²) >= 11 is 0. The second kappa shape index (κ2) is 4.35. The van der Waals surface area contributed by atoms with Crippen molar-refractivity contribution in [1.82, 2.24) is 10.2 Å². The molecule has 0 aromatic rings. The maximum atomic E-state index is 11.6. The summed E-state index contributed by atoms with van der Waals surface area (Å²) in [5, 5.41) is 3.36. The van der Waals surface area contributed by atoms with Crippen LogP contribution in [-0.4, -0.2) is 37.0 Å². The van der Waals surface area contributed by atoms with Crippen LogP contribution in [0.25, 0.3) is 0 Å². The van der Waals surface area contributed by atoms with Crippen LogP contribution in [-0.2, 0) is 4.79 Å². The lowest BCUT2D eigenvalue weighted by atomic mass is 9.71. The highest BCUT2D eigenvalue weighted by atomic mass is 16.2. The van der Waals surface area contributed by atoms with Crippen molar-refractivity contribution >= 4 is 5.91 Å². The van der Waals surface area contributed by atoms with Crippen LogP contribution in [0.2, 0.25) is 0 Å². The summed E-state index contributed by atoms with van der Waals surface area (Å²) in [4.78, 5) is 13.3. The Morgan fingerprint density at radius 2 is 2.40 bits per heavy atom. The molecule has 1 saturated carbocycles. The lowest BCUT2D eigenvalue weighted by Gasteiger charge is -2.40. The van der Waals surface area contributed by atoms with Gasteiger partial charge in [0.2, 0.25) is 5.91 Å². The van der Waals surface area contributed by atoms with Crippen molar-refractivity contribution in [3.05, 3.63) is 12.2 Å². The first kappa shape index (κ1) is 10.7. The van der Waals surface area contributed by atoms with Crippen molar-refractivity contribution in [3.8, 4) is 0 Å². The van der Waals surface area contributed by atoms with E-state index in [1.807, 2.05) is 14.0 Å². The molecule has 0 spiro atoms. The van der Waals surface area contributed by atoms with Crippen LogP contribution >= 0.6 is 0 Å². The average molecular weight is 208 g/mol. The fourth-order valence-corrected chi connectivity index (χ4v) is 2.48. The predicted molar refractivity (Wildman–Crippen MR) is 60.5 cm³/mol. The number of nitrogens with one attached hydrogen (secondary N) is 1. The molecule has 0 aliphatic heterocycles. The highest BCUT2D eigenvalue weighted by Gasteiger charge is 2.40. The fourth-order valence-electron chi connectivity index (χ4n) is 2.48. The lowest BCUT2D eigenvalue weighted by molar-refractivity contribution is -0.129. The minimum atomic E-state index is 0.197. The lowest BCUT2D eigenvalue weighted by Crippen LogP contribution is -2.50. The summed E-state index contributed by atoms with van der Waals surface area (Å²) in [6.45, 7) is 3.28. The van der Waals surface area contributed by atoms with Gasteiger partial charge in [0.15, 0.2) is 0 Å². The Morgan fingerprint density at radius 1 is 1.60 bits per heavy atom. The summed E-state index contributed by atoms with van der Waals surface area (Å²) in [5.74, 6) is 1.76. The van der Waals surface area contributed by atoms with Gasteiger partial charge in [0.25, 0.3) is 0 Å². The number of fused-ring (bicyclic) bond motifs is 1. The zero-order valence-electron chi connectivity index (χ0n) is 9.57. The summed E-state index contributed by atoms with van der Waals surface area (Å²) < 4.78 is 0. The van der Waals surface area contributed by atoms with Gasteiger partial charge < -0.3 is 10.2 Å². The summed E-state index contributed by atoms with van der Waals surface area (Å²) in [7, 11) is 1.85. The molecule has 0 aromatic heterocycles. The standard InChI is InChI=1S/C12H20N2O/c1-3-14(2)12(15)8-13-11-7-9-5-4-6-10(9)11/h4,6,9-11,13H,3,5,7-8H2,1-2H3. The van der Waals surface area contributed by atoms with E-state index >= 15 is 0 Å². The molecule has 0 heterocycles. The zero-order valence-corrected chi connectivity index (χ0v) is 9.57. The molecule has 3 heteroatoms. The van der Waals surface area contributed by atoms with Crippen LogP contribution in [0.3, 0.4) is 0 Å². The van der Waals surface area contributed by atoms with Gasteiger partial charge in [-0.3, -0.25) is 4.79 Å². The molecule has 0 aromatic carbocycles. The van der Waals surface area contributed by atoms with Crippen molar-refractivity contribution in [1.29, 1.82) is 0 Å². The Balaban J connectivity index is 1.71. The van der Waals surface area contributed by atoms with Crippen LogP contribution in [0.5, 0.6) is 0 Å². The van der Waals surface area contributed by atoms with E-state index in [9.17, 15) is 4.79 Å². The third-order valence-electron chi connectivity index (χ3n) is 3.78. The minimum absolute atomic E-state index is 0.197. The highest BCUT2D eigenvalue weighted by molar-refractivity contribution is 5.77. The summed E-state index contributed by atoms with van der Waals surface area (Å²) in [6, 6.07) is 0.544. The number of likely N-dealkylation sites (N-methyl/N-ethyl adjacent to an activating group) is 1. The van der Waals surface area contributed by atoms with Gasteiger partial charge in [-0.05, 0) is 31.6 Å². The molecule has 1 amide bonds. The van der Waals surface area contributed by atoms with E-state index in [2.05, 4.69) is 17.5 Å². The first-order chi connectivity index (χ1) is 7.22. The molecule has 2 aliphatic rings. The smallest absolute Gasteiger partial charge is 0.236 e. The van der Waals surface area contributed by atoms with Gasteiger partial charge in [0, 0.05) is 19.6 Å². The van der Waals surface area contributed by atoms with Crippen molar-refractivity contribution in [3.63, 3.8) is 0 Å². The molecular weight excluding hydrogens is 188 g/mol. The minimum Gasteiger partial charge on any atom is -0.345 e. The second-order valence-electron chi connectivity index (χ2n) is 4.63. The van der Waals surface area contributed by atoms with Gasteiger partial charge in [0.05, 0.1) is 6.54 Å². The Kier molecular flexibility index (Phi) is 3.10. The number of nitrogens with zero attached hydrogens (tertiary/aromatic N) is 1. The molecule has 2 aliphatic carbocycles. The highest BCUT2D eigenvalue weighted by Crippen LogP contribution is 2.42. The van der Waals surface area contributed by atoms with Crippen LogP contribution in [0, 0.1) is 11.8 Å². The molecular formula is C12H20N2O.